The lowest BCUT2D eigenvalue weighted by atomic mass is 10.2. The second kappa shape index (κ2) is 8.28. The number of benzene rings is 2. The van der Waals surface area contributed by atoms with E-state index in [1.165, 1.54) is 0 Å². The molecular formula is C19H21NO5. The number of carbonyl (C=O) groups is 1. The number of hydrogen-bond acceptors (Lipinski definition) is 5. The van der Waals surface area contributed by atoms with Crippen molar-refractivity contribution in [1.29, 1.82) is 0 Å². The van der Waals surface area contributed by atoms with E-state index in [1.54, 1.807) is 30.3 Å². The van der Waals surface area contributed by atoms with Crippen molar-refractivity contribution >= 4 is 11.6 Å². The Kier molecular flexibility index (Phi) is 5.61. The summed E-state index contributed by atoms with van der Waals surface area (Å²) in [5.41, 5.74) is 0.635. The molecular weight excluding hydrogens is 322 g/mol. The lowest BCUT2D eigenvalue weighted by Gasteiger charge is -2.12. The van der Waals surface area contributed by atoms with Crippen LogP contribution in [0.2, 0.25) is 0 Å². The van der Waals surface area contributed by atoms with Crippen LogP contribution in [0.5, 0.6) is 23.0 Å². The molecule has 1 amide bonds. The summed E-state index contributed by atoms with van der Waals surface area (Å²) in [6.07, 6.45) is 0.837. The molecule has 6 nitrogen and oxygen atoms in total. The van der Waals surface area contributed by atoms with Crippen molar-refractivity contribution in [1.82, 2.24) is 0 Å². The number of ether oxygens (including phenoxy) is 4. The Balaban J connectivity index is 1.59. The van der Waals surface area contributed by atoms with Gasteiger partial charge in [0, 0.05) is 18.2 Å². The molecule has 0 saturated carbocycles. The molecule has 25 heavy (non-hydrogen) atoms. The van der Waals surface area contributed by atoms with Gasteiger partial charge in [0.15, 0.2) is 29.6 Å². The van der Waals surface area contributed by atoms with Gasteiger partial charge in [-0.25, -0.2) is 0 Å². The lowest BCUT2D eigenvalue weighted by molar-refractivity contribution is -0.118. The van der Waals surface area contributed by atoms with E-state index in [0.29, 0.717) is 48.5 Å². The zero-order valence-corrected chi connectivity index (χ0v) is 14.1. The monoisotopic (exact) mass is 343 g/mol. The topological polar surface area (TPSA) is 66.0 Å². The Morgan fingerprint density at radius 2 is 1.76 bits per heavy atom. The van der Waals surface area contributed by atoms with Crippen LogP contribution in [-0.4, -0.2) is 32.3 Å². The summed E-state index contributed by atoms with van der Waals surface area (Å²) in [6, 6.07) is 12.6. The van der Waals surface area contributed by atoms with Gasteiger partial charge in [-0.3, -0.25) is 4.79 Å². The standard InChI is InChI=1S/C19H21NO5/c1-2-22-15-6-3-4-7-16(15)25-13-19(21)20-14-8-9-17-18(12-14)24-11-5-10-23-17/h3-4,6-9,12H,2,5,10-11,13H2,1H3,(H,20,21). The first-order chi connectivity index (χ1) is 12.3. The van der Waals surface area contributed by atoms with E-state index in [4.69, 9.17) is 18.9 Å². The van der Waals surface area contributed by atoms with Crippen LogP contribution in [0.4, 0.5) is 5.69 Å². The molecule has 132 valence electrons. The van der Waals surface area contributed by atoms with Crippen molar-refractivity contribution in [2.45, 2.75) is 13.3 Å². The van der Waals surface area contributed by atoms with E-state index in [1.807, 2.05) is 19.1 Å². The van der Waals surface area contributed by atoms with Crippen molar-refractivity contribution in [2.24, 2.45) is 0 Å². The van der Waals surface area contributed by atoms with Gasteiger partial charge in [0.05, 0.1) is 19.8 Å². The average molecular weight is 343 g/mol. The van der Waals surface area contributed by atoms with Crippen LogP contribution in [-0.2, 0) is 4.79 Å². The average Bonchev–Trinajstić information content (AvgIpc) is 2.86. The highest BCUT2D eigenvalue weighted by Crippen LogP contribution is 2.32. The fraction of sp³-hybridized carbons (Fsp3) is 0.316. The smallest absolute Gasteiger partial charge is 0.262 e. The van der Waals surface area contributed by atoms with Gasteiger partial charge in [-0.2, -0.15) is 0 Å². The van der Waals surface area contributed by atoms with E-state index in [9.17, 15) is 4.79 Å². The molecule has 1 N–H and O–H groups in total. The van der Waals surface area contributed by atoms with E-state index >= 15 is 0 Å². The van der Waals surface area contributed by atoms with Gasteiger partial charge in [-0.05, 0) is 31.2 Å². The molecule has 0 bridgehead atoms. The highest BCUT2D eigenvalue weighted by Gasteiger charge is 2.12. The summed E-state index contributed by atoms with van der Waals surface area (Å²) in [4.78, 5) is 12.1. The highest BCUT2D eigenvalue weighted by molar-refractivity contribution is 5.92. The third-order valence-electron chi connectivity index (χ3n) is 3.54. The third-order valence-corrected chi connectivity index (χ3v) is 3.54. The minimum atomic E-state index is -0.263. The molecule has 1 aliphatic heterocycles. The fourth-order valence-electron chi connectivity index (χ4n) is 2.43. The van der Waals surface area contributed by atoms with Crippen LogP contribution in [0.3, 0.4) is 0 Å². The first-order valence-corrected chi connectivity index (χ1v) is 8.30. The van der Waals surface area contributed by atoms with Gasteiger partial charge in [0.1, 0.15) is 0 Å². The van der Waals surface area contributed by atoms with Gasteiger partial charge >= 0.3 is 0 Å². The Bertz CT molecular complexity index is 732. The number of rotatable bonds is 6. The molecule has 1 heterocycles. The van der Waals surface area contributed by atoms with Crippen molar-refractivity contribution in [2.75, 3.05) is 31.7 Å². The predicted octanol–water partition coefficient (Wildman–Crippen LogP) is 3.26. The maximum atomic E-state index is 12.1. The van der Waals surface area contributed by atoms with Gasteiger partial charge in [0.25, 0.3) is 5.91 Å². The van der Waals surface area contributed by atoms with Crippen molar-refractivity contribution in [3.05, 3.63) is 42.5 Å². The number of fused-ring (bicyclic) bond motifs is 1. The molecule has 0 aromatic heterocycles. The molecule has 3 rings (SSSR count). The number of nitrogens with one attached hydrogen (secondary N) is 1. The SMILES string of the molecule is CCOc1ccccc1OCC(=O)Nc1ccc2c(c1)OCCCO2. The minimum Gasteiger partial charge on any atom is -0.490 e. The van der Waals surface area contributed by atoms with Crippen LogP contribution in [0.1, 0.15) is 13.3 Å². The zero-order chi connectivity index (χ0) is 17.5. The van der Waals surface area contributed by atoms with Crippen LogP contribution in [0, 0.1) is 0 Å². The summed E-state index contributed by atoms with van der Waals surface area (Å²) in [5, 5.41) is 2.79. The molecule has 0 atom stereocenters. The van der Waals surface area contributed by atoms with E-state index < -0.39 is 0 Å². The summed E-state index contributed by atoms with van der Waals surface area (Å²) in [6.45, 7) is 3.55. The van der Waals surface area contributed by atoms with Gasteiger partial charge < -0.3 is 24.3 Å². The van der Waals surface area contributed by atoms with Gasteiger partial charge in [-0.1, -0.05) is 12.1 Å². The second-order valence-electron chi connectivity index (χ2n) is 5.43. The lowest BCUT2D eigenvalue weighted by Crippen LogP contribution is -2.20. The Hall–Kier alpha value is -2.89. The first kappa shape index (κ1) is 17.0. The van der Waals surface area contributed by atoms with Gasteiger partial charge in [-0.15, -0.1) is 0 Å². The quantitative estimate of drug-likeness (QED) is 0.872. The molecule has 2 aromatic carbocycles. The summed E-state index contributed by atoms with van der Waals surface area (Å²) >= 11 is 0. The van der Waals surface area contributed by atoms with Gasteiger partial charge in [0.2, 0.25) is 0 Å². The van der Waals surface area contributed by atoms with Crippen LogP contribution >= 0.6 is 0 Å². The number of hydrogen-bond donors (Lipinski definition) is 1. The zero-order valence-electron chi connectivity index (χ0n) is 14.1. The highest BCUT2D eigenvalue weighted by atomic mass is 16.5. The predicted molar refractivity (Wildman–Crippen MR) is 93.8 cm³/mol. The second-order valence-corrected chi connectivity index (χ2v) is 5.43. The Morgan fingerprint density at radius 3 is 2.52 bits per heavy atom. The molecule has 0 radical (unpaired) electrons. The van der Waals surface area contributed by atoms with Crippen molar-refractivity contribution in [3.8, 4) is 23.0 Å². The largest absolute Gasteiger partial charge is 0.490 e. The minimum absolute atomic E-state index is 0.113. The molecule has 2 aromatic rings. The van der Waals surface area contributed by atoms with Crippen LogP contribution in [0.15, 0.2) is 42.5 Å². The molecule has 1 aliphatic rings. The van der Waals surface area contributed by atoms with E-state index in [-0.39, 0.29) is 12.5 Å². The summed E-state index contributed by atoms with van der Waals surface area (Å²) in [5.74, 6) is 2.22. The first-order valence-electron chi connectivity index (χ1n) is 8.30. The Labute approximate surface area is 146 Å². The molecule has 6 heteroatoms. The van der Waals surface area contributed by atoms with Crippen LogP contribution in [0.25, 0.3) is 0 Å². The normalized spacial score (nSPS) is 12.8. The number of amides is 1. The third kappa shape index (κ3) is 4.56. The molecule has 0 spiro atoms. The number of anilines is 1. The molecule has 0 unspecified atom stereocenters. The summed E-state index contributed by atoms with van der Waals surface area (Å²) < 4.78 is 22.2. The maximum Gasteiger partial charge on any atom is 0.262 e. The molecule has 0 aliphatic carbocycles. The van der Waals surface area contributed by atoms with E-state index in [0.717, 1.165) is 6.42 Å². The Morgan fingerprint density at radius 1 is 1.04 bits per heavy atom. The molecule has 0 fully saturated rings. The number of carbonyl (C=O) groups excluding carboxylic acids is 1. The summed E-state index contributed by atoms with van der Waals surface area (Å²) in [7, 11) is 0. The molecule has 0 saturated heterocycles. The number of para-hydroxylation sites is 2. The van der Waals surface area contributed by atoms with Crippen LogP contribution < -0.4 is 24.3 Å². The fourth-order valence-corrected chi connectivity index (χ4v) is 2.43. The maximum absolute atomic E-state index is 12.1. The van der Waals surface area contributed by atoms with E-state index in [2.05, 4.69) is 5.32 Å². The van der Waals surface area contributed by atoms with Crippen molar-refractivity contribution < 1.29 is 23.7 Å². The van der Waals surface area contributed by atoms with Crippen molar-refractivity contribution in [3.63, 3.8) is 0 Å².